The number of fused-ring (bicyclic) bond motifs is 1. The van der Waals surface area contributed by atoms with Crippen molar-refractivity contribution in [3.05, 3.63) is 66.7 Å². The van der Waals surface area contributed by atoms with Gasteiger partial charge in [0.2, 0.25) is 5.91 Å². The van der Waals surface area contributed by atoms with Gasteiger partial charge < -0.3 is 5.32 Å². The van der Waals surface area contributed by atoms with E-state index in [1.807, 2.05) is 48.5 Å². The van der Waals surface area contributed by atoms with Gasteiger partial charge in [-0.05, 0) is 29.3 Å². The van der Waals surface area contributed by atoms with E-state index in [-0.39, 0.29) is 11.6 Å². The monoisotopic (exact) mass is 354 g/mol. The van der Waals surface area contributed by atoms with Crippen molar-refractivity contribution in [1.29, 1.82) is 5.26 Å². The first-order valence-electron chi connectivity index (χ1n) is 8.22. The largest absolute Gasteiger partial charge is 0.326 e. The zero-order valence-electron chi connectivity index (χ0n) is 14.4. The van der Waals surface area contributed by atoms with Crippen LogP contribution in [-0.4, -0.2) is 25.7 Å². The number of benzene rings is 2. The summed E-state index contributed by atoms with van der Waals surface area (Å²) in [6, 6.07) is 15.6. The fourth-order valence-corrected chi connectivity index (χ4v) is 2.87. The Hall–Kier alpha value is -4.05. The number of amides is 1. The van der Waals surface area contributed by atoms with E-state index in [9.17, 15) is 4.79 Å². The van der Waals surface area contributed by atoms with Crippen LogP contribution in [-0.2, 0) is 4.79 Å². The Morgan fingerprint density at radius 2 is 1.96 bits per heavy atom. The van der Waals surface area contributed by atoms with Crippen LogP contribution in [0.2, 0.25) is 0 Å². The number of carbonyl (C=O) groups is 1. The number of nitrogens with zero attached hydrogens (tertiary/aromatic N) is 5. The van der Waals surface area contributed by atoms with Crippen molar-refractivity contribution in [2.24, 2.45) is 0 Å². The molecule has 0 saturated heterocycles. The van der Waals surface area contributed by atoms with Crippen LogP contribution in [0.3, 0.4) is 0 Å². The van der Waals surface area contributed by atoms with Crippen molar-refractivity contribution in [2.45, 2.75) is 6.92 Å². The number of carbonyl (C=O) groups excluding carboxylic acids is 1. The molecule has 2 aromatic heterocycles. The average molecular weight is 354 g/mol. The second-order valence-corrected chi connectivity index (χ2v) is 5.97. The topological polar surface area (TPSA) is 96.5 Å². The lowest BCUT2D eigenvalue weighted by molar-refractivity contribution is -0.114. The van der Waals surface area contributed by atoms with Crippen LogP contribution in [0.4, 0.5) is 5.69 Å². The van der Waals surface area contributed by atoms with Crippen LogP contribution in [0.5, 0.6) is 0 Å². The molecule has 0 radical (unpaired) electrons. The van der Waals surface area contributed by atoms with Gasteiger partial charge in [-0.25, -0.2) is 9.67 Å². The number of aromatic nitrogens is 4. The lowest BCUT2D eigenvalue weighted by Gasteiger charge is -2.07. The van der Waals surface area contributed by atoms with E-state index >= 15 is 0 Å². The molecule has 1 amide bonds. The lowest BCUT2D eigenvalue weighted by atomic mass is 10.0. The van der Waals surface area contributed by atoms with Crippen LogP contribution >= 0.6 is 0 Å². The zero-order valence-corrected chi connectivity index (χ0v) is 14.4. The first-order valence-corrected chi connectivity index (χ1v) is 8.22. The summed E-state index contributed by atoms with van der Waals surface area (Å²) in [5.41, 5.74) is 3.76. The fourth-order valence-electron chi connectivity index (χ4n) is 2.87. The van der Waals surface area contributed by atoms with Gasteiger partial charge in [0.25, 0.3) is 0 Å². The van der Waals surface area contributed by atoms with Crippen LogP contribution in [0.1, 0.15) is 12.6 Å². The minimum Gasteiger partial charge on any atom is -0.326 e. The molecule has 0 aliphatic carbocycles. The van der Waals surface area contributed by atoms with E-state index in [0.717, 1.165) is 27.7 Å². The number of nitriles is 1. The fraction of sp³-hybridized carbons (Fsp3) is 0.0500. The summed E-state index contributed by atoms with van der Waals surface area (Å²) in [6.45, 7) is 1.48. The number of hydrogen-bond acceptors (Lipinski definition) is 5. The SMILES string of the molecule is CC(=O)Nc1cccc(-c2ccc3cnn(-c4cncc(C#N)n4)c3c2)c1. The summed E-state index contributed by atoms with van der Waals surface area (Å²) >= 11 is 0. The van der Waals surface area contributed by atoms with Crippen LogP contribution in [0.25, 0.3) is 27.8 Å². The van der Waals surface area contributed by atoms with E-state index in [1.54, 1.807) is 17.1 Å². The first-order chi connectivity index (χ1) is 13.1. The molecule has 2 heterocycles. The van der Waals surface area contributed by atoms with Crippen molar-refractivity contribution < 1.29 is 4.79 Å². The highest BCUT2D eigenvalue weighted by Crippen LogP contribution is 2.27. The molecular formula is C20H14N6O. The standard InChI is InChI=1S/C20H14N6O/c1-13(27)24-17-4-2-3-14(7-17)15-5-6-16-10-23-26(19(16)8-15)20-12-22-11-18(9-21)25-20/h2-8,10-12H,1H3,(H,24,27). The molecule has 27 heavy (non-hydrogen) atoms. The molecular weight excluding hydrogens is 340 g/mol. The number of hydrogen-bond donors (Lipinski definition) is 1. The minimum atomic E-state index is -0.114. The lowest BCUT2D eigenvalue weighted by Crippen LogP contribution is -2.05. The van der Waals surface area contributed by atoms with Gasteiger partial charge in [-0.3, -0.25) is 9.78 Å². The van der Waals surface area contributed by atoms with Gasteiger partial charge in [-0.2, -0.15) is 10.4 Å². The summed E-state index contributed by atoms with van der Waals surface area (Å²) in [7, 11) is 0. The molecule has 2 aromatic carbocycles. The molecule has 4 rings (SSSR count). The highest BCUT2D eigenvalue weighted by Gasteiger charge is 2.09. The molecule has 0 aliphatic heterocycles. The Balaban J connectivity index is 1.81. The molecule has 130 valence electrons. The van der Waals surface area contributed by atoms with Gasteiger partial charge in [-0.15, -0.1) is 0 Å². The van der Waals surface area contributed by atoms with Gasteiger partial charge >= 0.3 is 0 Å². The van der Waals surface area contributed by atoms with Crippen molar-refractivity contribution in [1.82, 2.24) is 19.7 Å². The zero-order chi connectivity index (χ0) is 18.8. The molecule has 0 bridgehead atoms. The highest BCUT2D eigenvalue weighted by molar-refractivity contribution is 5.90. The summed E-state index contributed by atoms with van der Waals surface area (Å²) in [6.07, 6.45) is 4.72. The van der Waals surface area contributed by atoms with Crippen molar-refractivity contribution in [3.63, 3.8) is 0 Å². The molecule has 1 N–H and O–H groups in total. The summed E-state index contributed by atoms with van der Waals surface area (Å²) in [4.78, 5) is 19.6. The van der Waals surface area contributed by atoms with Crippen LogP contribution in [0, 0.1) is 11.3 Å². The quantitative estimate of drug-likeness (QED) is 0.609. The Morgan fingerprint density at radius 1 is 1.11 bits per heavy atom. The van der Waals surface area contributed by atoms with Crippen molar-refractivity contribution in [2.75, 3.05) is 5.32 Å². The first kappa shape index (κ1) is 16.4. The van der Waals surface area contributed by atoms with E-state index in [0.29, 0.717) is 5.82 Å². The number of rotatable bonds is 3. The van der Waals surface area contributed by atoms with E-state index in [4.69, 9.17) is 5.26 Å². The maximum atomic E-state index is 11.3. The molecule has 0 atom stereocenters. The van der Waals surface area contributed by atoms with Crippen molar-refractivity contribution >= 4 is 22.5 Å². The molecule has 0 saturated carbocycles. The molecule has 0 fully saturated rings. The Morgan fingerprint density at radius 3 is 2.78 bits per heavy atom. The maximum Gasteiger partial charge on any atom is 0.221 e. The molecule has 0 aliphatic rings. The van der Waals surface area contributed by atoms with E-state index in [1.165, 1.54) is 13.1 Å². The maximum absolute atomic E-state index is 11.3. The van der Waals surface area contributed by atoms with Gasteiger partial charge in [0.15, 0.2) is 11.5 Å². The minimum absolute atomic E-state index is 0.114. The van der Waals surface area contributed by atoms with Gasteiger partial charge in [0, 0.05) is 18.0 Å². The highest BCUT2D eigenvalue weighted by atomic mass is 16.1. The third-order valence-electron chi connectivity index (χ3n) is 4.04. The van der Waals surface area contributed by atoms with E-state index in [2.05, 4.69) is 20.4 Å². The van der Waals surface area contributed by atoms with Crippen LogP contribution < -0.4 is 5.32 Å². The number of nitrogens with one attached hydrogen (secondary N) is 1. The molecule has 0 spiro atoms. The third-order valence-corrected chi connectivity index (χ3v) is 4.04. The average Bonchev–Trinajstić information content (AvgIpc) is 3.11. The summed E-state index contributed by atoms with van der Waals surface area (Å²) < 4.78 is 1.66. The molecule has 0 unspecified atom stereocenters. The van der Waals surface area contributed by atoms with Crippen molar-refractivity contribution in [3.8, 4) is 23.0 Å². The normalized spacial score (nSPS) is 10.5. The van der Waals surface area contributed by atoms with Gasteiger partial charge in [0.1, 0.15) is 6.07 Å². The van der Waals surface area contributed by atoms with Crippen LogP contribution in [0.15, 0.2) is 61.1 Å². The molecule has 4 aromatic rings. The predicted octanol–water partition coefficient (Wildman–Crippen LogP) is 3.31. The predicted molar refractivity (Wildman–Crippen MR) is 101 cm³/mol. The Kier molecular flexibility index (Phi) is 4.07. The van der Waals surface area contributed by atoms with Gasteiger partial charge in [0.05, 0.1) is 24.1 Å². The smallest absolute Gasteiger partial charge is 0.221 e. The van der Waals surface area contributed by atoms with E-state index < -0.39 is 0 Å². The van der Waals surface area contributed by atoms with Gasteiger partial charge in [-0.1, -0.05) is 24.3 Å². The summed E-state index contributed by atoms with van der Waals surface area (Å²) in [5.74, 6) is 0.366. The number of anilines is 1. The molecule has 7 heteroatoms. The second kappa shape index (κ2) is 6.69. The third kappa shape index (κ3) is 3.24. The second-order valence-electron chi connectivity index (χ2n) is 5.97. The summed E-state index contributed by atoms with van der Waals surface area (Å²) in [5, 5.41) is 17.2. The Bertz CT molecular complexity index is 1200. The Labute approximate surface area is 154 Å². The molecule has 7 nitrogen and oxygen atoms in total.